The van der Waals surface area contributed by atoms with Crippen LogP contribution in [0, 0.1) is 11.3 Å². The normalized spacial score (nSPS) is 23.2. The molecule has 1 amide bonds. The van der Waals surface area contributed by atoms with Crippen LogP contribution in [0.3, 0.4) is 0 Å². The van der Waals surface area contributed by atoms with Gasteiger partial charge in [0.25, 0.3) is 5.91 Å². The lowest BCUT2D eigenvalue weighted by Gasteiger charge is -2.46. The van der Waals surface area contributed by atoms with E-state index in [9.17, 15) is 9.90 Å². The minimum absolute atomic E-state index is 0. The molecule has 1 aliphatic carbocycles. The molecule has 142 valence electrons. The summed E-state index contributed by atoms with van der Waals surface area (Å²) in [7, 11) is 0. The molecule has 0 spiro atoms. The highest BCUT2D eigenvalue weighted by Crippen LogP contribution is 2.47. The van der Waals surface area contributed by atoms with Gasteiger partial charge in [-0.3, -0.25) is 9.48 Å². The summed E-state index contributed by atoms with van der Waals surface area (Å²) in [6, 6.07) is 2.16. The third kappa shape index (κ3) is 4.54. The smallest absolute Gasteiger partial charge is 0.271 e. The number of piperidine rings is 1. The molecule has 0 aromatic carbocycles. The Morgan fingerprint density at radius 2 is 2.32 bits per heavy atom. The molecule has 2 heterocycles. The minimum atomic E-state index is -0.0833. The molecule has 7 heteroatoms. The monoisotopic (exact) mass is 370 g/mol. The predicted octanol–water partition coefficient (Wildman–Crippen LogP) is 2.15. The fourth-order valence-corrected chi connectivity index (χ4v) is 4.04. The summed E-state index contributed by atoms with van der Waals surface area (Å²) < 4.78 is 1.93. The number of nitrogens with one attached hydrogen (secondary N) is 2. The van der Waals surface area contributed by atoms with Gasteiger partial charge in [0.2, 0.25) is 0 Å². The van der Waals surface area contributed by atoms with Gasteiger partial charge in [0, 0.05) is 25.9 Å². The van der Waals surface area contributed by atoms with Crippen molar-refractivity contribution in [3.63, 3.8) is 0 Å². The summed E-state index contributed by atoms with van der Waals surface area (Å²) in [6.07, 6.45) is 8.47. The zero-order valence-corrected chi connectivity index (χ0v) is 15.9. The molecule has 2 fully saturated rings. The molecule has 25 heavy (non-hydrogen) atoms. The van der Waals surface area contributed by atoms with Gasteiger partial charge < -0.3 is 15.7 Å². The summed E-state index contributed by atoms with van der Waals surface area (Å²) in [4.78, 5) is 12.5. The maximum absolute atomic E-state index is 12.5. The predicted molar refractivity (Wildman–Crippen MR) is 100 cm³/mol. The number of carbonyl (C=O) groups excluding carboxylic acids is 1. The van der Waals surface area contributed by atoms with Crippen LogP contribution in [0.4, 0.5) is 0 Å². The zero-order valence-electron chi connectivity index (χ0n) is 15.0. The Labute approximate surface area is 156 Å². The molecule has 2 aliphatic rings. The van der Waals surface area contributed by atoms with E-state index >= 15 is 0 Å². The average molecular weight is 371 g/mol. The first kappa shape index (κ1) is 20.2. The largest absolute Gasteiger partial charge is 0.396 e. The van der Waals surface area contributed by atoms with Crippen molar-refractivity contribution in [2.24, 2.45) is 11.3 Å². The Kier molecular flexibility index (Phi) is 7.28. The van der Waals surface area contributed by atoms with E-state index in [1.807, 2.05) is 16.9 Å². The highest BCUT2D eigenvalue weighted by Gasteiger charge is 2.41. The molecule has 2 atom stereocenters. The summed E-state index contributed by atoms with van der Waals surface area (Å²) in [5, 5.41) is 20.1. The van der Waals surface area contributed by atoms with Crippen LogP contribution >= 0.6 is 12.4 Å². The number of aliphatic hydroxyl groups excluding tert-OH is 1. The van der Waals surface area contributed by atoms with Crippen molar-refractivity contribution in [1.29, 1.82) is 0 Å². The van der Waals surface area contributed by atoms with E-state index in [0.717, 1.165) is 45.2 Å². The van der Waals surface area contributed by atoms with Crippen molar-refractivity contribution < 1.29 is 9.90 Å². The molecule has 1 saturated heterocycles. The van der Waals surface area contributed by atoms with E-state index < -0.39 is 0 Å². The fraction of sp³-hybridized carbons (Fsp3) is 0.778. The molecule has 0 bridgehead atoms. The van der Waals surface area contributed by atoms with Crippen LogP contribution in [0.1, 0.15) is 62.0 Å². The molecule has 1 saturated carbocycles. The first-order valence-corrected chi connectivity index (χ1v) is 9.29. The topological polar surface area (TPSA) is 79.2 Å². The number of nitrogens with zero attached hydrogens (tertiary/aromatic N) is 2. The Morgan fingerprint density at radius 1 is 1.52 bits per heavy atom. The van der Waals surface area contributed by atoms with Gasteiger partial charge in [-0.25, -0.2) is 0 Å². The number of hydrogen-bond acceptors (Lipinski definition) is 4. The molecule has 2 unspecified atom stereocenters. The maximum Gasteiger partial charge on any atom is 0.271 e. The van der Waals surface area contributed by atoms with E-state index in [1.54, 1.807) is 0 Å². The van der Waals surface area contributed by atoms with Crippen LogP contribution in [0.5, 0.6) is 0 Å². The molecule has 1 aromatic heterocycles. The van der Waals surface area contributed by atoms with Crippen LogP contribution in [0.25, 0.3) is 0 Å². The van der Waals surface area contributed by atoms with E-state index in [0.29, 0.717) is 24.2 Å². The van der Waals surface area contributed by atoms with Crippen molar-refractivity contribution in [2.45, 2.75) is 51.5 Å². The second kappa shape index (κ2) is 9.01. The SMILES string of the molecule is CC(CCO)C1(CNC(=O)c2ccn(C3CCCNC3)n2)CCC1.Cl. The van der Waals surface area contributed by atoms with Crippen molar-refractivity contribution >= 4 is 18.3 Å². The van der Waals surface area contributed by atoms with Gasteiger partial charge >= 0.3 is 0 Å². The molecule has 1 aromatic rings. The first-order chi connectivity index (χ1) is 11.6. The molecule has 1 aliphatic heterocycles. The number of amides is 1. The summed E-state index contributed by atoms with van der Waals surface area (Å²) >= 11 is 0. The number of aromatic nitrogens is 2. The Balaban J connectivity index is 0.00000225. The first-order valence-electron chi connectivity index (χ1n) is 9.29. The third-order valence-electron chi connectivity index (χ3n) is 6.04. The molecular weight excluding hydrogens is 340 g/mol. The second-order valence-electron chi connectivity index (χ2n) is 7.49. The van der Waals surface area contributed by atoms with E-state index in [-0.39, 0.29) is 30.3 Å². The van der Waals surface area contributed by atoms with Gasteiger partial charge in [-0.1, -0.05) is 13.3 Å². The number of rotatable bonds is 7. The van der Waals surface area contributed by atoms with E-state index in [4.69, 9.17) is 0 Å². The van der Waals surface area contributed by atoms with Crippen LogP contribution in [0.15, 0.2) is 12.3 Å². The van der Waals surface area contributed by atoms with Gasteiger partial charge in [-0.05, 0) is 56.0 Å². The van der Waals surface area contributed by atoms with Gasteiger partial charge in [0.1, 0.15) is 5.69 Å². The molecule has 3 rings (SSSR count). The van der Waals surface area contributed by atoms with Crippen LogP contribution in [-0.4, -0.2) is 47.0 Å². The molecule has 6 nitrogen and oxygen atoms in total. The van der Waals surface area contributed by atoms with Crippen molar-refractivity contribution in [1.82, 2.24) is 20.4 Å². The number of aliphatic hydroxyl groups is 1. The van der Waals surface area contributed by atoms with E-state index in [2.05, 4.69) is 22.7 Å². The van der Waals surface area contributed by atoms with Crippen molar-refractivity contribution in [2.75, 3.05) is 26.2 Å². The summed E-state index contributed by atoms with van der Waals surface area (Å²) in [6.45, 7) is 5.08. The lowest BCUT2D eigenvalue weighted by atomic mass is 9.60. The second-order valence-corrected chi connectivity index (χ2v) is 7.49. The number of carbonyl (C=O) groups is 1. The van der Waals surface area contributed by atoms with E-state index in [1.165, 1.54) is 6.42 Å². The van der Waals surface area contributed by atoms with Crippen molar-refractivity contribution in [3.05, 3.63) is 18.0 Å². The number of hydrogen-bond donors (Lipinski definition) is 3. The summed E-state index contributed by atoms with van der Waals surface area (Å²) in [5.74, 6) is 0.349. The van der Waals surface area contributed by atoms with Gasteiger partial charge in [0.05, 0.1) is 6.04 Å². The quantitative estimate of drug-likeness (QED) is 0.687. The highest BCUT2D eigenvalue weighted by atomic mass is 35.5. The minimum Gasteiger partial charge on any atom is -0.396 e. The third-order valence-corrected chi connectivity index (χ3v) is 6.04. The highest BCUT2D eigenvalue weighted by molar-refractivity contribution is 5.92. The average Bonchev–Trinajstić information content (AvgIpc) is 3.05. The molecule has 3 N–H and O–H groups in total. The lowest BCUT2D eigenvalue weighted by Crippen LogP contribution is -2.46. The zero-order chi connectivity index (χ0) is 17.0. The Hall–Kier alpha value is -1.11. The fourth-order valence-electron chi connectivity index (χ4n) is 4.04. The molecule has 0 radical (unpaired) electrons. The van der Waals surface area contributed by atoms with Crippen molar-refractivity contribution in [3.8, 4) is 0 Å². The standard InChI is InChI=1S/C18H30N4O2.ClH/c1-14(6-11-23)18(7-3-8-18)13-20-17(24)16-5-10-22(21-16)15-4-2-9-19-12-15;/h5,10,14-15,19,23H,2-4,6-9,11-13H2,1H3,(H,20,24);1H. The summed E-state index contributed by atoms with van der Waals surface area (Å²) in [5.41, 5.74) is 0.665. The van der Waals surface area contributed by atoms with Gasteiger partial charge in [0.15, 0.2) is 0 Å². The van der Waals surface area contributed by atoms with Crippen LogP contribution in [0.2, 0.25) is 0 Å². The molecular formula is C18H31ClN4O2. The number of halogens is 1. The van der Waals surface area contributed by atoms with Crippen LogP contribution < -0.4 is 10.6 Å². The van der Waals surface area contributed by atoms with Crippen LogP contribution in [-0.2, 0) is 0 Å². The maximum atomic E-state index is 12.5. The Morgan fingerprint density at radius 3 is 2.92 bits per heavy atom. The lowest BCUT2D eigenvalue weighted by molar-refractivity contribution is 0.0409. The van der Waals surface area contributed by atoms with Gasteiger partial charge in [-0.2, -0.15) is 5.10 Å². The van der Waals surface area contributed by atoms with Gasteiger partial charge in [-0.15, -0.1) is 12.4 Å². The Bertz CT molecular complexity index is 553.